The summed E-state index contributed by atoms with van der Waals surface area (Å²) in [6.45, 7) is 0. The van der Waals surface area contributed by atoms with Crippen molar-refractivity contribution in [1.82, 2.24) is 4.98 Å². The molecule has 0 radical (unpaired) electrons. The van der Waals surface area contributed by atoms with Gasteiger partial charge in [-0.3, -0.25) is 9.98 Å². The van der Waals surface area contributed by atoms with E-state index in [2.05, 4.69) is 158 Å². The van der Waals surface area contributed by atoms with Gasteiger partial charge in [-0.1, -0.05) is 146 Å². The highest BCUT2D eigenvalue weighted by Gasteiger charge is 2.52. The average molecular weight is 710 g/mol. The summed E-state index contributed by atoms with van der Waals surface area (Å²) in [5, 5.41) is 0. The van der Waals surface area contributed by atoms with Gasteiger partial charge in [0.1, 0.15) is 17.7 Å². The van der Waals surface area contributed by atoms with Crippen LogP contribution in [0.1, 0.15) is 64.5 Å². The van der Waals surface area contributed by atoms with Gasteiger partial charge in [0.15, 0.2) is 0 Å². The van der Waals surface area contributed by atoms with Crippen LogP contribution in [-0.4, -0.2) is 10.7 Å². The molecule has 264 valence electrons. The topological polar surface area (TPSA) is 60.5 Å². The summed E-state index contributed by atoms with van der Waals surface area (Å²) in [7, 11) is 0. The van der Waals surface area contributed by atoms with Gasteiger partial charge in [-0.2, -0.15) is 0 Å². The van der Waals surface area contributed by atoms with E-state index in [0.29, 0.717) is 0 Å². The van der Waals surface area contributed by atoms with Crippen LogP contribution in [0.25, 0.3) is 33.4 Å². The largest absolute Gasteiger partial charge is 0.457 e. The summed E-state index contributed by atoms with van der Waals surface area (Å²) >= 11 is 0. The molecule has 1 aliphatic heterocycles. The minimum absolute atomic E-state index is 0.501. The van der Waals surface area contributed by atoms with Crippen LogP contribution >= 0.6 is 0 Å². The summed E-state index contributed by atoms with van der Waals surface area (Å²) < 4.78 is 6.51. The number of para-hydroxylation sites is 2. The zero-order valence-electron chi connectivity index (χ0n) is 30.4. The van der Waals surface area contributed by atoms with Gasteiger partial charge >= 0.3 is 0 Å². The van der Waals surface area contributed by atoms with E-state index in [1.54, 1.807) is 0 Å². The lowest BCUT2D eigenvalue weighted by Gasteiger charge is -2.38. The molecule has 7 aromatic rings. The molecule has 1 atom stereocenters. The summed E-state index contributed by atoms with van der Waals surface area (Å²) in [6.07, 6.45) is 8.90. The van der Waals surface area contributed by atoms with Crippen LogP contribution in [0.5, 0.6) is 11.5 Å². The molecule has 55 heavy (non-hydrogen) atoms. The van der Waals surface area contributed by atoms with Crippen molar-refractivity contribution in [3.63, 3.8) is 0 Å². The summed E-state index contributed by atoms with van der Waals surface area (Å²) in [5.74, 6) is 1.72. The standard InChI is InChI=1S/C51H39N3O/c52-50(54-46-22-10-7-18-38(34-14-3-1-4-15-34)32-42(46)36-16-5-2-6-17-36)37-27-25-35(26-28-37)39-29-30-40-41-19-13-31-53-49(41)51(45(40)33-39)43-20-8-11-23-47(43)55-48-24-12-9-21-44(48)51/h1-6,8-9,11-21,23-33,50H,7,10,22,52H2/b38-18-,42-32-,54-46+. The Labute approximate surface area is 322 Å². The zero-order chi connectivity index (χ0) is 36.8. The van der Waals surface area contributed by atoms with E-state index < -0.39 is 11.6 Å². The number of aromatic nitrogens is 1. The van der Waals surface area contributed by atoms with Crippen molar-refractivity contribution in [3.05, 3.63) is 221 Å². The number of rotatable bonds is 5. The zero-order valence-corrected chi connectivity index (χ0v) is 30.4. The fraction of sp³-hybridized carbons (Fsp3) is 0.0980. The van der Waals surface area contributed by atoms with Crippen molar-refractivity contribution in [2.24, 2.45) is 10.7 Å². The predicted molar refractivity (Wildman–Crippen MR) is 224 cm³/mol. The number of nitrogens with zero attached hydrogens (tertiary/aromatic N) is 2. The number of fused-ring (bicyclic) bond motifs is 9. The molecule has 0 fully saturated rings. The Balaban J connectivity index is 1.03. The molecule has 0 amide bonds. The lowest BCUT2D eigenvalue weighted by atomic mass is 9.67. The fourth-order valence-electron chi connectivity index (χ4n) is 8.77. The first-order chi connectivity index (χ1) is 27.2. The first-order valence-electron chi connectivity index (χ1n) is 19.1. The van der Waals surface area contributed by atoms with Crippen LogP contribution in [-0.2, 0) is 5.41 Å². The Morgan fingerprint density at radius 1 is 0.600 bits per heavy atom. The Morgan fingerprint density at radius 3 is 1.98 bits per heavy atom. The number of ether oxygens (including phenoxy) is 1. The fourth-order valence-corrected chi connectivity index (χ4v) is 8.77. The average Bonchev–Trinajstić information content (AvgIpc) is 3.52. The second-order valence-electron chi connectivity index (χ2n) is 14.5. The van der Waals surface area contributed by atoms with Gasteiger partial charge in [0.2, 0.25) is 0 Å². The van der Waals surface area contributed by atoms with E-state index in [1.165, 1.54) is 22.3 Å². The highest BCUT2D eigenvalue weighted by atomic mass is 16.5. The van der Waals surface area contributed by atoms with Crippen molar-refractivity contribution in [2.45, 2.75) is 30.8 Å². The molecule has 1 spiro atoms. The Morgan fingerprint density at radius 2 is 1.25 bits per heavy atom. The van der Waals surface area contributed by atoms with Crippen LogP contribution in [0.2, 0.25) is 0 Å². The molecule has 3 aliphatic rings. The van der Waals surface area contributed by atoms with E-state index in [1.807, 2.05) is 24.4 Å². The van der Waals surface area contributed by atoms with Crippen LogP contribution < -0.4 is 10.5 Å². The molecule has 6 aromatic carbocycles. The highest BCUT2D eigenvalue weighted by Crippen LogP contribution is 2.61. The maximum atomic E-state index is 6.95. The van der Waals surface area contributed by atoms with Crippen LogP contribution in [0.3, 0.4) is 0 Å². The minimum atomic E-state index is -0.608. The number of benzene rings is 6. The molecular weight excluding hydrogens is 671 g/mol. The van der Waals surface area contributed by atoms with Gasteiger partial charge in [-0.25, -0.2) is 0 Å². The number of aliphatic imine (C=N–C) groups is 1. The van der Waals surface area contributed by atoms with E-state index in [4.69, 9.17) is 20.4 Å². The molecule has 2 heterocycles. The molecule has 10 rings (SSSR count). The third-order valence-electron chi connectivity index (χ3n) is 11.3. The second-order valence-corrected chi connectivity index (χ2v) is 14.5. The number of allylic oxidation sites excluding steroid dienone is 4. The Bertz CT molecular complexity index is 2610. The minimum Gasteiger partial charge on any atom is -0.457 e. The first-order valence-corrected chi connectivity index (χ1v) is 19.1. The monoisotopic (exact) mass is 709 g/mol. The van der Waals surface area contributed by atoms with Gasteiger partial charge in [0.25, 0.3) is 0 Å². The molecule has 4 nitrogen and oxygen atoms in total. The van der Waals surface area contributed by atoms with Gasteiger partial charge in [-0.15, -0.1) is 0 Å². The molecule has 4 heteroatoms. The molecule has 1 aromatic heterocycles. The van der Waals surface area contributed by atoms with Crippen LogP contribution in [0.15, 0.2) is 187 Å². The third kappa shape index (κ3) is 5.57. The maximum absolute atomic E-state index is 6.95. The summed E-state index contributed by atoms with van der Waals surface area (Å²) in [6, 6.07) is 57.7. The molecule has 0 saturated heterocycles. The SMILES string of the molecule is NC(/N=C1CCC/C=C(c2ccccc2)/C=C\1c1ccccc1)c1ccc(-c2ccc3c(c2)C2(c4ccccc4Oc4ccccc42)c2ncccc2-3)cc1. The van der Waals surface area contributed by atoms with E-state index in [-0.39, 0.29) is 0 Å². The first kappa shape index (κ1) is 33.0. The van der Waals surface area contributed by atoms with Gasteiger partial charge < -0.3 is 10.5 Å². The molecule has 1 unspecified atom stereocenters. The van der Waals surface area contributed by atoms with Crippen LogP contribution in [0, 0.1) is 0 Å². The third-order valence-corrected chi connectivity index (χ3v) is 11.3. The van der Waals surface area contributed by atoms with E-state index in [0.717, 1.165) is 86.7 Å². The van der Waals surface area contributed by atoms with Gasteiger partial charge in [0.05, 0.1) is 11.1 Å². The van der Waals surface area contributed by atoms with Gasteiger partial charge in [-0.05, 0) is 94.1 Å². The summed E-state index contributed by atoms with van der Waals surface area (Å²) in [4.78, 5) is 10.3. The molecular formula is C51H39N3O. The number of hydrogen-bond acceptors (Lipinski definition) is 4. The van der Waals surface area contributed by atoms with E-state index in [9.17, 15) is 0 Å². The van der Waals surface area contributed by atoms with Crippen molar-refractivity contribution in [2.75, 3.05) is 0 Å². The molecule has 2 N–H and O–H groups in total. The highest BCUT2D eigenvalue weighted by molar-refractivity contribution is 6.25. The Kier molecular flexibility index (Phi) is 8.19. The maximum Gasteiger partial charge on any atom is 0.132 e. The lowest BCUT2D eigenvalue weighted by molar-refractivity contribution is 0.434. The number of nitrogens with two attached hydrogens (primary N) is 1. The normalized spacial score (nSPS) is 18.2. The van der Waals surface area contributed by atoms with Crippen molar-refractivity contribution >= 4 is 16.9 Å². The van der Waals surface area contributed by atoms with Gasteiger partial charge in [0, 0.05) is 34.2 Å². The smallest absolute Gasteiger partial charge is 0.132 e. The number of pyridine rings is 1. The second kappa shape index (κ2) is 13.7. The molecule has 0 saturated carbocycles. The van der Waals surface area contributed by atoms with Crippen molar-refractivity contribution < 1.29 is 4.74 Å². The number of hydrogen-bond donors (Lipinski definition) is 1. The van der Waals surface area contributed by atoms with Crippen molar-refractivity contribution in [3.8, 4) is 33.8 Å². The van der Waals surface area contributed by atoms with E-state index >= 15 is 0 Å². The lowest BCUT2D eigenvalue weighted by Crippen LogP contribution is -2.33. The van der Waals surface area contributed by atoms with Crippen molar-refractivity contribution in [1.29, 1.82) is 0 Å². The molecule has 2 aliphatic carbocycles. The molecule has 0 bridgehead atoms. The quantitative estimate of drug-likeness (QED) is 0.193. The Hall–Kier alpha value is -6.62. The predicted octanol–water partition coefficient (Wildman–Crippen LogP) is 12.0. The summed E-state index contributed by atoms with van der Waals surface area (Å²) in [5.41, 5.74) is 22.1. The van der Waals surface area contributed by atoms with Crippen LogP contribution in [0.4, 0.5) is 0 Å².